The summed E-state index contributed by atoms with van der Waals surface area (Å²) in [5.74, 6) is 1.09. The molecule has 22 heavy (non-hydrogen) atoms. The molecule has 0 saturated carbocycles. The van der Waals surface area contributed by atoms with Gasteiger partial charge in [0.05, 0.1) is 0 Å². The van der Waals surface area contributed by atoms with E-state index in [0.717, 1.165) is 36.0 Å². The molecular weight excluding hydrogens is 271 g/mol. The molecule has 0 aliphatic heterocycles. The van der Waals surface area contributed by atoms with E-state index in [9.17, 15) is 4.39 Å². The van der Waals surface area contributed by atoms with E-state index in [0.29, 0.717) is 11.8 Å². The Morgan fingerprint density at radius 2 is 1.95 bits per heavy atom. The molecule has 0 saturated heterocycles. The first-order chi connectivity index (χ1) is 10.4. The third-order valence-corrected chi connectivity index (χ3v) is 4.97. The highest BCUT2D eigenvalue weighted by molar-refractivity contribution is 5.33. The Morgan fingerprint density at radius 3 is 2.59 bits per heavy atom. The molecule has 1 aromatic carbocycles. The molecule has 0 spiro atoms. The minimum Gasteiger partial charge on any atom is -0.207 e. The molecule has 0 nitrogen and oxygen atoms in total. The van der Waals surface area contributed by atoms with Crippen LogP contribution in [0.15, 0.2) is 35.4 Å². The Bertz CT molecular complexity index is 565. The van der Waals surface area contributed by atoms with E-state index >= 15 is 0 Å². The lowest BCUT2D eigenvalue weighted by Gasteiger charge is -2.31. The van der Waals surface area contributed by atoms with Crippen LogP contribution < -0.4 is 0 Å². The zero-order valence-corrected chi connectivity index (χ0v) is 14.7. The van der Waals surface area contributed by atoms with Crippen LogP contribution in [-0.2, 0) is 6.42 Å². The fraction of sp³-hybridized carbons (Fsp3) is 0.524. The van der Waals surface area contributed by atoms with Gasteiger partial charge in [0.2, 0.25) is 0 Å². The summed E-state index contributed by atoms with van der Waals surface area (Å²) in [5.41, 5.74) is 5.89. The van der Waals surface area contributed by atoms with Crippen LogP contribution in [0.2, 0.25) is 0 Å². The lowest BCUT2D eigenvalue weighted by atomic mass is 9.73. The summed E-state index contributed by atoms with van der Waals surface area (Å²) in [5, 5.41) is 0. The number of aryl methyl sites for hydroxylation is 2. The van der Waals surface area contributed by atoms with Gasteiger partial charge in [0.1, 0.15) is 5.82 Å². The normalized spacial score (nSPS) is 21.5. The second-order valence-electron chi connectivity index (χ2n) is 7.16. The summed E-state index contributed by atoms with van der Waals surface area (Å²) in [6.07, 6.45) is 8.96. The van der Waals surface area contributed by atoms with E-state index in [-0.39, 0.29) is 5.82 Å². The fourth-order valence-corrected chi connectivity index (χ4v) is 3.70. The van der Waals surface area contributed by atoms with Crippen LogP contribution in [0.25, 0.3) is 0 Å². The van der Waals surface area contributed by atoms with Crippen molar-refractivity contribution in [3.63, 3.8) is 0 Å². The van der Waals surface area contributed by atoms with Crippen molar-refractivity contribution in [3.8, 4) is 0 Å². The van der Waals surface area contributed by atoms with Gasteiger partial charge in [0.25, 0.3) is 0 Å². The van der Waals surface area contributed by atoms with Crippen LogP contribution in [0.1, 0.15) is 56.7 Å². The first kappa shape index (κ1) is 17.0. The predicted octanol–water partition coefficient (Wildman–Crippen LogP) is 6.31. The van der Waals surface area contributed by atoms with Crippen molar-refractivity contribution in [1.29, 1.82) is 0 Å². The first-order valence-corrected chi connectivity index (χ1v) is 8.44. The average Bonchev–Trinajstić information content (AvgIpc) is 2.41. The Kier molecular flexibility index (Phi) is 5.61. The first-order valence-electron chi connectivity index (χ1n) is 8.44. The van der Waals surface area contributed by atoms with Crippen LogP contribution in [0.3, 0.4) is 0 Å². The Hall–Kier alpha value is -1.37. The number of benzene rings is 1. The van der Waals surface area contributed by atoms with Crippen LogP contribution >= 0.6 is 0 Å². The molecule has 0 heterocycles. The molecule has 1 aromatic rings. The minimum absolute atomic E-state index is 0.0225. The Labute approximate surface area is 135 Å². The third kappa shape index (κ3) is 4.09. The number of hydrogen-bond acceptors (Lipinski definition) is 0. The van der Waals surface area contributed by atoms with Gasteiger partial charge in [-0.05, 0) is 94.9 Å². The van der Waals surface area contributed by atoms with Crippen LogP contribution in [0.5, 0.6) is 0 Å². The summed E-state index contributed by atoms with van der Waals surface area (Å²) in [6, 6.07) is 3.79. The lowest BCUT2D eigenvalue weighted by Crippen LogP contribution is -2.22. The van der Waals surface area contributed by atoms with E-state index in [1.807, 2.05) is 13.8 Å². The van der Waals surface area contributed by atoms with Gasteiger partial charge in [0, 0.05) is 0 Å². The quantitative estimate of drug-likeness (QED) is 0.571. The van der Waals surface area contributed by atoms with Gasteiger partial charge >= 0.3 is 0 Å². The Balaban J connectivity index is 2.23. The second kappa shape index (κ2) is 7.26. The summed E-state index contributed by atoms with van der Waals surface area (Å²) < 4.78 is 14.4. The molecule has 0 radical (unpaired) electrons. The molecule has 2 atom stereocenters. The van der Waals surface area contributed by atoms with Crippen molar-refractivity contribution in [1.82, 2.24) is 0 Å². The second-order valence-corrected chi connectivity index (χ2v) is 7.16. The topological polar surface area (TPSA) is 0 Å². The van der Waals surface area contributed by atoms with E-state index in [4.69, 9.17) is 0 Å². The zero-order valence-electron chi connectivity index (χ0n) is 14.7. The zero-order chi connectivity index (χ0) is 16.3. The molecule has 120 valence electrons. The highest BCUT2D eigenvalue weighted by atomic mass is 19.1. The van der Waals surface area contributed by atoms with Gasteiger partial charge in [-0.25, -0.2) is 4.39 Å². The molecular formula is C21H29F. The molecule has 0 amide bonds. The van der Waals surface area contributed by atoms with Crippen molar-refractivity contribution in [2.24, 2.45) is 11.8 Å². The molecule has 1 heteroatoms. The van der Waals surface area contributed by atoms with E-state index in [1.54, 1.807) is 6.07 Å². The lowest BCUT2D eigenvalue weighted by molar-refractivity contribution is 0.333. The van der Waals surface area contributed by atoms with E-state index in [2.05, 4.69) is 39.0 Å². The predicted molar refractivity (Wildman–Crippen MR) is 93.6 cm³/mol. The number of rotatable bonds is 4. The van der Waals surface area contributed by atoms with Gasteiger partial charge in [0.15, 0.2) is 0 Å². The smallest absolute Gasteiger partial charge is 0.126 e. The van der Waals surface area contributed by atoms with Gasteiger partial charge < -0.3 is 0 Å². The molecule has 0 aromatic heterocycles. The number of halogens is 1. The highest BCUT2D eigenvalue weighted by Crippen LogP contribution is 2.36. The SMILES string of the molecule is CC(C)=CCC1C(C)=CCCC1Cc1c(C)cc(C)cc1F. The standard InChI is InChI=1S/C21H29F/c1-14(2)9-10-19-16(4)7-6-8-18(19)13-20-17(5)11-15(3)12-21(20)22/h7,9,11-12,18-19H,6,8,10,13H2,1-5H3. The molecule has 0 N–H and O–H groups in total. The van der Waals surface area contributed by atoms with Crippen LogP contribution in [-0.4, -0.2) is 0 Å². The molecule has 2 unspecified atom stereocenters. The average molecular weight is 300 g/mol. The summed E-state index contributed by atoms with van der Waals surface area (Å²) >= 11 is 0. The maximum absolute atomic E-state index is 14.4. The number of allylic oxidation sites excluding steroid dienone is 4. The van der Waals surface area contributed by atoms with Crippen molar-refractivity contribution >= 4 is 0 Å². The molecule has 0 fully saturated rings. The molecule has 2 rings (SSSR count). The largest absolute Gasteiger partial charge is 0.207 e. The highest BCUT2D eigenvalue weighted by Gasteiger charge is 2.26. The van der Waals surface area contributed by atoms with Gasteiger partial charge in [-0.15, -0.1) is 0 Å². The fourth-order valence-electron chi connectivity index (χ4n) is 3.70. The number of hydrogen-bond donors (Lipinski definition) is 0. The summed E-state index contributed by atoms with van der Waals surface area (Å²) in [4.78, 5) is 0. The molecule has 0 bridgehead atoms. The minimum atomic E-state index is -0.0225. The van der Waals surface area contributed by atoms with Crippen LogP contribution in [0.4, 0.5) is 4.39 Å². The maximum atomic E-state index is 14.4. The summed E-state index contributed by atoms with van der Waals surface area (Å²) in [6.45, 7) is 10.6. The van der Waals surface area contributed by atoms with Gasteiger partial charge in [-0.2, -0.15) is 0 Å². The van der Waals surface area contributed by atoms with Gasteiger partial charge in [-0.3, -0.25) is 0 Å². The molecule has 1 aliphatic carbocycles. The van der Waals surface area contributed by atoms with Crippen molar-refractivity contribution < 1.29 is 4.39 Å². The maximum Gasteiger partial charge on any atom is 0.126 e. The van der Waals surface area contributed by atoms with Crippen molar-refractivity contribution in [3.05, 3.63) is 57.9 Å². The van der Waals surface area contributed by atoms with Gasteiger partial charge in [-0.1, -0.05) is 29.4 Å². The Morgan fingerprint density at radius 1 is 1.23 bits per heavy atom. The van der Waals surface area contributed by atoms with Crippen LogP contribution in [0, 0.1) is 31.5 Å². The van der Waals surface area contributed by atoms with E-state index < -0.39 is 0 Å². The van der Waals surface area contributed by atoms with Crippen molar-refractivity contribution in [2.75, 3.05) is 0 Å². The third-order valence-electron chi connectivity index (χ3n) is 4.97. The van der Waals surface area contributed by atoms with E-state index in [1.165, 1.54) is 17.6 Å². The summed E-state index contributed by atoms with van der Waals surface area (Å²) in [7, 11) is 0. The van der Waals surface area contributed by atoms with Crippen molar-refractivity contribution in [2.45, 2.75) is 60.3 Å². The monoisotopic (exact) mass is 300 g/mol. The molecule has 1 aliphatic rings.